The summed E-state index contributed by atoms with van der Waals surface area (Å²) in [6, 6.07) is 0. The molecule has 5 atom stereocenters. The Labute approximate surface area is 131 Å². The maximum Gasteiger partial charge on any atom is 0.249 e. The molecule has 7 nitrogen and oxygen atoms in total. The summed E-state index contributed by atoms with van der Waals surface area (Å²) in [6.07, 6.45) is -3.49. The number of aliphatic hydroxyl groups is 2. The largest absolute Gasteiger partial charge is 0.387 e. The van der Waals surface area contributed by atoms with Crippen molar-refractivity contribution >= 4 is 11.7 Å². The van der Waals surface area contributed by atoms with Gasteiger partial charge in [0, 0.05) is 33.6 Å². The second-order valence-corrected chi connectivity index (χ2v) is 5.25. The van der Waals surface area contributed by atoms with Crippen LogP contribution in [0.1, 0.15) is 26.7 Å². The maximum atomic E-state index is 11.9. The van der Waals surface area contributed by atoms with Gasteiger partial charge in [-0.1, -0.05) is 13.8 Å². The second-order valence-electron chi connectivity index (χ2n) is 5.25. The van der Waals surface area contributed by atoms with Gasteiger partial charge >= 0.3 is 0 Å². The van der Waals surface area contributed by atoms with Crippen LogP contribution in [0.4, 0.5) is 0 Å². The number of nitrogens with zero attached hydrogens (tertiary/aromatic N) is 1. The van der Waals surface area contributed by atoms with Crippen molar-refractivity contribution in [1.82, 2.24) is 5.06 Å². The molecular weight excluding hydrogens is 438 g/mol. The van der Waals surface area contributed by atoms with Crippen LogP contribution in [0, 0.1) is 5.92 Å². The van der Waals surface area contributed by atoms with Crippen LogP contribution in [0.2, 0.25) is 0 Å². The molecule has 1 aliphatic carbocycles. The fourth-order valence-electron chi connectivity index (χ4n) is 2.96. The average molecular weight is 457 g/mol. The van der Waals surface area contributed by atoms with Crippen LogP contribution in [-0.2, 0) is 35.4 Å². The van der Waals surface area contributed by atoms with Gasteiger partial charge < -0.3 is 14.9 Å². The number of hydroxylamine groups is 2. The van der Waals surface area contributed by atoms with Gasteiger partial charge in [0.15, 0.2) is 5.78 Å². The fraction of sp³-hybridized carbons (Fsp3) is 0.833. The van der Waals surface area contributed by atoms with Gasteiger partial charge in [0.2, 0.25) is 5.91 Å². The van der Waals surface area contributed by atoms with Gasteiger partial charge in [-0.15, -0.1) is 0 Å². The molecule has 0 bridgehead atoms. The predicted octanol–water partition coefficient (Wildman–Crippen LogP) is -0.920. The third kappa shape index (κ3) is 2.25. The molecule has 1 aliphatic heterocycles. The van der Waals surface area contributed by atoms with Gasteiger partial charge in [-0.3, -0.25) is 14.8 Å². The molecule has 1 saturated carbocycles. The summed E-state index contributed by atoms with van der Waals surface area (Å²) in [7, 11) is 0. The summed E-state index contributed by atoms with van der Waals surface area (Å²) in [5, 5.41) is 30.0. The standard InChI is InChI=1S/C12H19NO6.W/c1-3-4-19-10-6(2)12(5-7(14)13(12)18)11(17)9(16)8(10)15;/h6,9-11,16-18H,3-5H2,1-2H3;/t6-,9+,10+,11+,12?;/m1./s1. The number of Topliss-reactive ketones (excluding diaryl/α,β-unsaturated/α-hetero) is 1. The quantitative estimate of drug-likeness (QED) is 0.374. The van der Waals surface area contributed by atoms with Crippen molar-refractivity contribution in [2.75, 3.05) is 6.61 Å². The minimum atomic E-state index is -1.65. The van der Waals surface area contributed by atoms with Crippen LogP contribution in [0.3, 0.4) is 0 Å². The van der Waals surface area contributed by atoms with E-state index in [1.165, 1.54) is 0 Å². The number of carbonyl (C=O) groups excluding carboxylic acids is 2. The number of β-lactam (4-membered cyclic amide) rings is 1. The van der Waals surface area contributed by atoms with Crippen molar-refractivity contribution in [1.29, 1.82) is 0 Å². The third-order valence-electron chi connectivity index (χ3n) is 4.19. The molecule has 2 fully saturated rings. The van der Waals surface area contributed by atoms with Crippen molar-refractivity contribution in [2.45, 2.75) is 50.5 Å². The fourth-order valence-corrected chi connectivity index (χ4v) is 2.96. The first-order chi connectivity index (χ1) is 8.87. The summed E-state index contributed by atoms with van der Waals surface area (Å²) in [4.78, 5) is 23.2. The van der Waals surface area contributed by atoms with E-state index in [0.29, 0.717) is 18.1 Å². The number of hydrogen-bond acceptors (Lipinski definition) is 6. The molecule has 0 aromatic carbocycles. The molecule has 1 spiro atoms. The van der Waals surface area contributed by atoms with Gasteiger partial charge in [-0.05, 0) is 6.42 Å². The average Bonchev–Trinajstić information content (AvgIpc) is 2.40. The Balaban J connectivity index is 0.00000200. The molecule has 2 aliphatic rings. The van der Waals surface area contributed by atoms with Crippen LogP contribution >= 0.6 is 0 Å². The van der Waals surface area contributed by atoms with E-state index >= 15 is 0 Å². The minimum absolute atomic E-state index is 0. The molecule has 0 aromatic heterocycles. The Morgan fingerprint density at radius 1 is 1.40 bits per heavy atom. The van der Waals surface area contributed by atoms with Crippen molar-refractivity contribution in [3.63, 3.8) is 0 Å². The first-order valence-corrected chi connectivity index (χ1v) is 6.41. The summed E-state index contributed by atoms with van der Waals surface area (Å²) in [5.74, 6) is -1.74. The summed E-state index contributed by atoms with van der Waals surface area (Å²) >= 11 is 0. The Hall–Kier alpha value is -0.332. The van der Waals surface area contributed by atoms with E-state index < -0.39 is 41.5 Å². The van der Waals surface area contributed by atoms with Crippen LogP contribution in [-0.4, -0.2) is 62.6 Å². The number of hydrogen-bond donors (Lipinski definition) is 3. The molecule has 1 amide bonds. The maximum absolute atomic E-state index is 11.9. The van der Waals surface area contributed by atoms with Gasteiger partial charge in [-0.2, -0.15) is 0 Å². The molecule has 1 saturated heterocycles. The van der Waals surface area contributed by atoms with E-state index in [-0.39, 0.29) is 27.5 Å². The zero-order valence-electron chi connectivity index (χ0n) is 11.4. The third-order valence-corrected chi connectivity index (χ3v) is 4.19. The monoisotopic (exact) mass is 457 g/mol. The Morgan fingerprint density at radius 3 is 2.45 bits per heavy atom. The van der Waals surface area contributed by atoms with E-state index in [1.54, 1.807) is 6.92 Å². The Bertz CT molecular complexity index is 405. The molecule has 2 rings (SSSR count). The van der Waals surface area contributed by atoms with Crippen LogP contribution in [0.25, 0.3) is 0 Å². The number of ether oxygens (including phenoxy) is 1. The molecule has 114 valence electrons. The molecule has 8 heteroatoms. The molecule has 1 heterocycles. The Kier molecular flexibility index (Phi) is 5.49. The number of amides is 1. The van der Waals surface area contributed by atoms with Crippen LogP contribution in [0.5, 0.6) is 0 Å². The normalized spacial score (nSPS) is 40.5. The van der Waals surface area contributed by atoms with Crippen LogP contribution in [0.15, 0.2) is 0 Å². The first kappa shape index (κ1) is 17.7. The van der Waals surface area contributed by atoms with E-state index in [1.807, 2.05) is 6.92 Å². The number of aliphatic hydroxyl groups excluding tert-OH is 2. The predicted molar refractivity (Wildman–Crippen MR) is 62.2 cm³/mol. The zero-order chi connectivity index (χ0) is 14.4. The van der Waals surface area contributed by atoms with E-state index in [0.717, 1.165) is 0 Å². The van der Waals surface area contributed by atoms with Gasteiger partial charge in [0.25, 0.3) is 0 Å². The van der Waals surface area contributed by atoms with Crippen molar-refractivity contribution in [3.8, 4) is 0 Å². The van der Waals surface area contributed by atoms with Gasteiger partial charge in [-0.25, -0.2) is 5.06 Å². The molecule has 1 unspecified atom stereocenters. The number of carbonyl (C=O) groups is 2. The number of ketones is 1. The van der Waals surface area contributed by atoms with Crippen molar-refractivity contribution in [2.24, 2.45) is 5.92 Å². The smallest absolute Gasteiger partial charge is 0.249 e. The number of rotatable bonds is 3. The summed E-state index contributed by atoms with van der Waals surface area (Å²) in [5.41, 5.74) is -1.33. The molecule has 0 radical (unpaired) electrons. The topological polar surface area (TPSA) is 107 Å². The van der Waals surface area contributed by atoms with E-state index in [2.05, 4.69) is 0 Å². The first-order valence-electron chi connectivity index (χ1n) is 6.41. The summed E-state index contributed by atoms with van der Waals surface area (Å²) < 4.78 is 5.42. The van der Waals surface area contributed by atoms with E-state index in [9.17, 15) is 25.0 Å². The van der Waals surface area contributed by atoms with E-state index in [4.69, 9.17) is 4.74 Å². The molecular formula is C12H19NO6W. The Morgan fingerprint density at radius 2 is 2.00 bits per heavy atom. The molecule has 3 N–H and O–H groups in total. The molecule has 20 heavy (non-hydrogen) atoms. The van der Waals surface area contributed by atoms with Gasteiger partial charge in [0.1, 0.15) is 23.9 Å². The SMILES string of the molecule is CCCO[C@@H]1C(=O)[C@H](O)[C@H](O)C2(CC(=O)N2O)[C@@H]1C.[W]. The summed E-state index contributed by atoms with van der Waals surface area (Å²) in [6.45, 7) is 3.84. The minimum Gasteiger partial charge on any atom is -0.387 e. The van der Waals surface area contributed by atoms with Crippen molar-refractivity contribution in [3.05, 3.63) is 0 Å². The van der Waals surface area contributed by atoms with Crippen molar-refractivity contribution < 1.29 is 50.8 Å². The zero-order valence-corrected chi connectivity index (χ0v) is 14.3. The van der Waals surface area contributed by atoms with Crippen LogP contribution < -0.4 is 0 Å². The van der Waals surface area contributed by atoms with Gasteiger partial charge in [0.05, 0.1) is 6.42 Å². The second kappa shape index (κ2) is 6.20. The molecule has 0 aromatic rings.